The Labute approximate surface area is 149 Å². The maximum absolute atomic E-state index is 12.4. The van der Waals surface area contributed by atoms with Gasteiger partial charge in [-0.3, -0.25) is 4.79 Å². The number of anilines is 2. The number of hydrogen-bond acceptors (Lipinski definition) is 7. The first-order valence-electron chi connectivity index (χ1n) is 7.34. The molecular formula is C16H19N3O5S. The van der Waals surface area contributed by atoms with E-state index >= 15 is 0 Å². The fraction of sp³-hybridized carbons (Fsp3) is 0.312. The van der Waals surface area contributed by atoms with E-state index in [0.29, 0.717) is 24.0 Å². The fourth-order valence-electron chi connectivity index (χ4n) is 1.98. The third-order valence-corrected chi connectivity index (χ3v) is 4.33. The quantitative estimate of drug-likeness (QED) is 0.739. The van der Waals surface area contributed by atoms with E-state index in [1.165, 1.54) is 36.6 Å². The van der Waals surface area contributed by atoms with Crippen molar-refractivity contribution in [2.75, 3.05) is 44.6 Å². The lowest BCUT2D eigenvalue weighted by molar-refractivity contribution is 0.0696. The van der Waals surface area contributed by atoms with E-state index in [4.69, 9.17) is 14.6 Å². The number of rotatable bonds is 8. The Hall–Kier alpha value is -2.65. The van der Waals surface area contributed by atoms with Crippen LogP contribution in [0.1, 0.15) is 20.8 Å². The molecule has 0 bridgehead atoms. The zero-order chi connectivity index (χ0) is 18.4. The molecule has 0 fully saturated rings. The first kappa shape index (κ1) is 18.7. The van der Waals surface area contributed by atoms with E-state index in [1.807, 2.05) is 11.9 Å². The van der Waals surface area contributed by atoms with Crippen LogP contribution >= 0.6 is 11.3 Å². The van der Waals surface area contributed by atoms with E-state index in [-0.39, 0.29) is 17.0 Å². The van der Waals surface area contributed by atoms with Crippen LogP contribution in [-0.4, -0.2) is 56.4 Å². The molecule has 1 heterocycles. The summed E-state index contributed by atoms with van der Waals surface area (Å²) in [5.41, 5.74) is 0.721. The number of likely N-dealkylation sites (N-methyl/N-ethyl adjacent to an activating group) is 1. The molecule has 0 aliphatic rings. The van der Waals surface area contributed by atoms with Gasteiger partial charge in [0.25, 0.3) is 5.91 Å². The monoisotopic (exact) mass is 365 g/mol. The highest BCUT2D eigenvalue weighted by molar-refractivity contribution is 7.13. The molecule has 0 atom stereocenters. The summed E-state index contributed by atoms with van der Waals surface area (Å²) in [5.74, 6) is -1.20. The largest absolute Gasteiger partial charge is 0.495 e. The smallest absolute Gasteiger partial charge is 0.335 e. The van der Waals surface area contributed by atoms with Crippen LogP contribution in [-0.2, 0) is 4.74 Å². The topological polar surface area (TPSA) is 101 Å². The molecule has 1 aromatic carbocycles. The van der Waals surface area contributed by atoms with Crippen LogP contribution in [0.3, 0.4) is 0 Å². The second-order valence-electron chi connectivity index (χ2n) is 5.10. The predicted octanol–water partition coefficient (Wildman–Crippen LogP) is 2.18. The molecule has 2 N–H and O–H groups in total. The number of aromatic nitrogens is 1. The number of methoxy groups -OCH3 is 2. The Kier molecular flexibility index (Phi) is 6.31. The lowest BCUT2D eigenvalue weighted by Gasteiger charge is -2.14. The van der Waals surface area contributed by atoms with Gasteiger partial charge in [-0.05, 0) is 18.2 Å². The van der Waals surface area contributed by atoms with Gasteiger partial charge in [0.2, 0.25) is 0 Å². The summed E-state index contributed by atoms with van der Waals surface area (Å²) < 4.78 is 10.2. The summed E-state index contributed by atoms with van der Waals surface area (Å²) >= 11 is 1.35. The van der Waals surface area contributed by atoms with Crippen LogP contribution in [0.5, 0.6) is 5.75 Å². The number of benzene rings is 1. The minimum absolute atomic E-state index is 0.0746. The third kappa shape index (κ3) is 4.68. The maximum Gasteiger partial charge on any atom is 0.335 e. The summed E-state index contributed by atoms with van der Waals surface area (Å²) in [4.78, 5) is 29.6. The highest BCUT2D eigenvalue weighted by atomic mass is 32.1. The Morgan fingerprint density at radius 1 is 1.36 bits per heavy atom. The Balaban J connectivity index is 2.12. The minimum Gasteiger partial charge on any atom is -0.495 e. The molecule has 2 rings (SSSR count). The molecule has 0 aliphatic heterocycles. The maximum atomic E-state index is 12.4. The van der Waals surface area contributed by atoms with E-state index in [0.717, 1.165) is 0 Å². The number of nitrogens with one attached hydrogen (secondary N) is 1. The summed E-state index contributed by atoms with van der Waals surface area (Å²) in [7, 11) is 4.90. The Morgan fingerprint density at radius 3 is 2.76 bits per heavy atom. The molecule has 0 unspecified atom stereocenters. The molecule has 1 aromatic heterocycles. The molecule has 0 aliphatic carbocycles. The van der Waals surface area contributed by atoms with Crippen LogP contribution < -0.4 is 15.0 Å². The van der Waals surface area contributed by atoms with Crippen molar-refractivity contribution in [2.45, 2.75) is 0 Å². The predicted molar refractivity (Wildman–Crippen MR) is 95.2 cm³/mol. The van der Waals surface area contributed by atoms with Gasteiger partial charge in [-0.15, -0.1) is 11.3 Å². The number of aromatic carboxylic acids is 1. The first-order valence-corrected chi connectivity index (χ1v) is 8.22. The molecule has 0 radical (unpaired) electrons. The standard InChI is InChI=1S/C16H19N3O5S/c1-19(6-7-23-2)16-18-12(9-25-16)14(20)17-11-5-4-10(15(21)22)8-13(11)24-3/h4-5,8-9H,6-7H2,1-3H3,(H,17,20)(H,21,22). The number of carbonyl (C=O) groups is 2. The molecular weight excluding hydrogens is 346 g/mol. The van der Waals surface area contributed by atoms with Crippen LogP contribution in [0.4, 0.5) is 10.8 Å². The number of carboxylic acids is 1. The Bertz CT molecular complexity index is 762. The number of nitrogens with zero attached hydrogens (tertiary/aromatic N) is 2. The molecule has 25 heavy (non-hydrogen) atoms. The van der Waals surface area contributed by atoms with Gasteiger partial charge in [0.05, 0.1) is 25.0 Å². The number of hydrogen-bond donors (Lipinski definition) is 2. The van der Waals surface area contributed by atoms with Crippen molar-refractivity contribution in [2.24, 2.45) is 0 Å². The average Bonchev–Trinajstić information content (AvgIpc) is 3.10. The van der Waals surface area contributed by atoms with Crippen molar-refractivity contribution in [3.05, 3.63) is 34.8 Å². The summed E-state index contributed by atoms with van der Waals surface area (Å²) in [6, 6.07) is 4.23. The zero-order valence-electron chi connectivity index (χ0n) is 14.1. The van der Waals surface area contributed by atoms with Gasteiger partial charge < -0.3 is 24.8 Å². The second kappa shape index (κ2) is 8.45. The molecule has 2 aromatic rings. The highest BCUT2D eigenvalue weighted by Crippen LogP contribution is 2.27. The van der Waals surface area contributed by atoms with Gasteiger partial charge >= 0.3 is 5.97 Å². The number of ether oxygens (including phenoxy) is 2. The number of carbonyl (C=O) groups excluding carboxylic acids is 1. The SMILES string of the molecule is COCCN(C)c1nc(C(=O)Nc2ccc(C(=O)O)cc2OC)cs1. The van der Waals surface area contributed by atoms with Gasteiger partial charge in [-0.1, -0.05) is 0 Å². The van der Waals surface area contributed by atoms with Gasteiger partial charge in [0.1, 0.15) is 11.4 Å². The van der Waals surface area contributed by atoms with E-state index in [2.05, 4.69) is 10.3 Å². The highest BCUT2D eigenvalue weighted by Gasteiger charge is 2.16. The van der Waals surface area contributed by atoms with Gasteiger partial charge in [0.15, 0.2) is 5.13 Å². The number of amides is 1. The van der Waals surface area contributed by atoms with Gasteiger partial charge in [-0.2, -0.15) is 0 Å². The lowest BCUT2D eigenvalue weighted by atomic mass is 10.2. The van der Waals surface area contributed by atoms with Gasteiger partial charge in [-0.25, -0.2) is 9.78 Å². The molecule has 0 saturated heterocycles. The number of carboxylic acid groups (broad SMARTS) is 1. The summed E-state index contributed by atoms with van der Waals surface area (Å²) in [6.45, 7) is 1.22. The first-order chi connectivity index (χ1) is 12.0. The lowest BCUT2D eigenvalue weighted by Crippen LogP contribution is -2.22. The van der Waals surface area contributed by atoms with Gasteiger partial charge in [0, 0.05) is 26.1 Å². The summed E-state index contributed by atoms with van der Waals surface area (Å²) in [6.07, 6.45) is 0. The normalized spacial score (nSPS) is 10.4. The molecule has 8 nitrogen and oxygen atoms in total. The third-order valence-electron chi connectivity index (χ3n) is 3.38. The average molecular weight is 365 g/mol. The molecule has 1 amide bonds. The van der Waals surface area contributed by atoms with Crippen molar-refractivity contribution >= 4 is 34.0 Å². The van der Waals surface area contributed by atoms with E-state index < -0.39 is 11.9 Å². The van der Waals surface area contributed by atoms with Crippen molar-refractivity contribution in [1.82, 2.24) is 4.98 Å². The van der Waals surface area contributed by atoms with Crippen molar-refractivity contribution in [1.29, 1.82) is 0 Å². The van der Waals surface area contributed by atoms with E-state index in [1.54, 1.807) is 12.5 Å². The molecule has 0 spiro atoms. The molecule has 9 heteroatoms. The van der Waals surface area contributed by atoms with Crippen LogP contribution in [0.2, 0.25) is 0 Å². The Morgan fingerprint density at radius 2 is 2.12 bits per heavy atom. The van der Waals surface area contributed by atoms with Crippen LogP contribution in [0.25, 0.3) is 0 Å². The van der Waals surface area contributed by atoms with Crippen molar-refractivity contribution in [3.8, 4) is 5.75 Å². The van der Waals surface area contributed by atoms with Crippen LogP contribution in [0, 0.1) is 0 Å². The van der Waals surface area contributed by atoms with Crippen LogP contribution in [0.15, 0.2) is 23.6 Å². The zero-order valence-corrected chi connectivity index (χ0v) is 14.9. The second-order valence-corrected chi connectivity index (χ2v) is 5.94. The van der Waals surface area contributed by atoms with E-state index in [9.17, 15) is 9.59 Å². The fourth-order valence-corrected chi connectivity index (χ4v) is 2.78. The summed E-state index contributed by atoms with van der Waals surface area (Å²) in [5, 5.41) is 14.1. The minimum atomic E-state index is -1.07. The van der Waals surface area contributed by atoms with Crippen molar-refractivity contribution < 1.29 is 24.2 Å². The van der Waals surface area contributed by atoms with Crippen molar-refractivity contribution in [3.63, 3.8) is 0 Å². The molecule has 134 valence electrons. The molecule has 0 saturated carbocycles. The number of thiazole rings is 1.